The number of quaternary nitrogens is 1. The van der Waals surface area contributed by atoms with Crippen molar-refractivity contribution in [3.8, 4) is 0 Å². The molecular weight excluding hydrogens is 379 g/mol. The fourth-order valence-corrected chi connectivity index (χ4v) is 3.51. The van der Waals surface area contributed by atoms with Crippen molar-refractivity contribution >= 4 is 11.8 Å². The predicted octanol–water partition coefficient (Wildman–Crippen LogP) is -1.33. The van der Waals surface area contributed by atoms with Crippen molar-refractivity contribution in [2.75, 3.05) is 34.2 Å². The maximum absolute atomic E-state index is 12.5. The summed E-state index contributed by atoms with van der Waals surface area (Å²) in [6, 6.07) is 0. The third kappa shape index (κ3) is 4.06. The topological polar surface area (TPSA) is 37.4 Å². The van der Waals surface area contributed by atoms with Gasteiger partial charge < -0.3 is 28.5 Å². The number of imide groups is 1. The summed E-state index contributed by atoms with van der Waals surface area (Å²) in [5.74, 6) is 0.0777. The van der Waals surface area contributed by atoms with Crippen LogP contribution in [0.4, 0.5) is 0 Å². The molecule has 0 spiro atoms. The van der Waals surface area contributed by atoms with Gasteiger partial charge in [0.15, 0.2) is 0 Å². The molecule has 2 aliphatic rings. The van der Waals surface area contributed by atoms with Gasteiger partial charge in [-0.15, -0.1) is 0 Å². The highest BCUT2D eigenvalue weighted by molar-refractivity contribution is 6.05. The van der Waals surface area contributed by atoms with Crippen molar-refractivity contribution in [3.05, 3.63) is 11.6 Å². The molecule has 1 aliphatic carbocycles. The summed E-state index contributed by atoms with van der Waals surface area (Å²) in [6.45, 7) is 5.66. The fourth-order valence-electron chi connectivity index (χ4n) is 3.51. The summed E-state index contributed by atoms with van der Waals surface area (Å²) in [5, 5.41) is 0. The highest BCUT2D eigenvalue weighted by atomic mass is 127. The van der Waals surface area contributed by atoms with Crippen LogP contribution < -0.4 is 24.0 Å². The minimum absolute atomic E-state index is 0. The number of hydrogen-bond acceptors (Lipinski definition) is 2. The molecule has 1 heterocycles. The van der Waals surface area contributed by atoms with Gasteiger partial charge in [-0.2, -0.15) is 0 Å². The largest absolute Gasteiger partial charge is 1.00 e. The molecule has 1 saturated heterocycles. The van der Waals surface area contributed by atoms with Gasteiger partial charge in [-0.05, 0) is 19.3 Å². The molecule has 4 nitrogen and oxygen atoms in total. The van der Waals surface area contributed by atoms with E-state index in [4.69, 9.17) is 0 Å². The first-order valence-electron chi connectivity index (χ1n) is 7.53. The lowest BCUT2D eigenvalue weighted by molar-refractivity contribution is -0.870. The number of amides is 2. The molecule has 21 heavy (non-hydrogen) atoms. The Kier molecular flexibility index (Phi) is 6.00. The number of carbonyl (C=O) groups is 2. The zero-order chi connectivity index (χ0) is 15.1. The molecule has 2 amide bonds. The molecule has 2 rings (SSSR count). The molecule has 0 saturated carbocycles. The second-order valence-corrected chi connectivity index (χ2v) is 7.40. The van der Waals surface area contributed by atoms with Crippen LogP contribution >= 0.6 is 0 Å². The lowest BCUT2D eigenvalue weighted by Gasteiger charge is -2.25. The van der Waals surface area contributed by atoms with E-state index in [0.29, 0.717) is 6.54 Å². The van der Waals surface area contributed by atoms with Crippen molar-refractivity contribution < 1.29 is 38.0 Å². The summed E-state index contributed by atoms with van der Waals surface area (Å²) < 4.78 is 0.861. The van der Waals surface area contributed by atoms with Crippen LogP contribution in [0, 0.1) is 17.8 Å². The molecule has 0 radical (unpaired) electrons. The van der Waals surface area contributed by atoms with Gasteiger partial charge in [0.1, 0.15) is 0 Å². The van der Waals surface area contributed by atoms with E-state index in [9.17, 15) is 9.59 Å². The van der Waals surface area contributed by atoms with E-state index in [0.717, 1.165) is 23.9 Å². The normalized spacial score (nSPS) is 29.1. The number of fused-ring (bicyclic) bond motifs is 1. The van der Waals surface area contributed by atoms with E-state index < -0.39 is 0 Å². The minimum atomic E-state index is -0.115. The second-order valence-electron chi connectivity index (χ2n) is 7.40. The molecule has 0 aromatic heterocycles. The molecular formula is C16H27IN2O2. The van der Waals surface area contributed by atoms with Crippen molar-refractivity contribution in [2.45, 2.75) is 26.7 Å². The second kappa shape index (κ2) is 6.77. The Morgan fingerprint density at radius 1 is 1.24 bits per heavy atom. The SMILES string of the molecule is CC1=CC(C)C2C(=O)N(CCC[N+](C)(C)C)C(=O)C2C1.[I-]. The molecule has 3 unspecified atom stereocenters. The number of allylic oxidation sites excluding steroid dienone is 2. The van der Waals surface area contributed by atoms with E-state index >= 15 is 0 Å². The third-order valence-corrected chi connectivity index (χ3v) is 4.43. The first-order chi connectivity index (χ1) is 9.20. The Morgan fingerprint density at radius 3 is 2.43 bits per heavy atom. The van der Waals surface area contributed by atoms with Gasteiger partial charge in [0.2, 0.25) is 11.8 Å². The van der Waals surface area contributed by atoms with E-state index in [1.165, 1.54) is 10.5 Å². The van der Waals surface area contributed by atoms with Crippen LogP contribution in [0.3, 0.4) is 0 Å². The highest BCUT2D eigenvalue weighted by Gasteiger charge is 2.50. The molecule has 1 aliphatic heterocycles. The van der Waals surface area contributed by atoms with Crippen LogP contribution in [0.15, 0.2) is 11.6 Å². The summed E-state index contributed by atoms with van der Waals surface area (Å²) in [6.07, 6.45) is 3.79. The maximum Gasteiger partial charge on any atom is 0.233 e. The van der Waals surface area contributed by atoms with Gasteiger partial charge >= 0.3 is 0 Å². The van der Waals surface area contributed by atoms with Gasteiger partial charge in [-0.3, -0.25) is 14.5 Å². The van der Waals surface area contributed by atoms with Gasteiger partial charge in [-0.1, -0.05) is 18.6 Å². The summed E-state index contributed by atoms with van der Waals surface area (Å²) >= 11 is 0. The van der Waals surface area contributed by atoms with Crippen LogP contribution in [0.1, 0.15) is 26.7 Å². The number of carbonyl (C=O) groups excluding carboxylic acids is 2. The molecule has 0 N–H and O–H groups in total. The monoisotopic (exact) mass is 406 g/mol. The van der Waals surface area contributed by atoms with Crippen molar-refractivity contribution in [1.29, 1.82) is 0 Å². The van der Waals surface area contributed by atoms with Crippen LogP contribution in [0.5, 0.6) is 0 Å². The minimum Gasteiger partial charge on any atom is -1.00 e. The Balaban J connectivity index is 0.00000220. The highest BCUT2D eigenvalue weighted by Crippen LogP contribution is 2.40. The number of rotatable bonds is 4. The van der Waals surface area contributed by atoms with E-state index in [1.807, 2.05) is 0 Å². The molecule has 0 bridgehead atoms. The van der Waals surface area contributed by atoms with Gasteiger partial charge in [0, 0.05) is 13.0 Å². The van der Waals surface area contributed by atoms with Crippen LogP contribution in [0.25, 0.3) is 0 Å². The first-order valence-corrected chi connectivity index (χ1v) is 7.53. The molecule has 120 valence electrons. The Labute approximate surface area is 145 Å². The Morgan fingerprint density at radius 2 is 1.86 bits per heavy atom. The standard InChI is InChI=1S/C16H27N2O2.HI/c1-11-9-12(2)14-13(10-11)15(19)17(16(14)20)7-6-8-18(3,4)5;/h9,12-14H,6-8,10H2,1-5H3;1H/q+1;/p-1. The van der Waals surface area contributed by atoms with Crippen LogP contribution in [-0.4, -0.2) is 55.4 Å². The van der Waals surface area contributed by atoms with Gasteiger partial charge in [0.05, 0.1) is 39.5 Å². The maximum atomic E-state index is 12.5. The summed E-state index contributed by atoms with van der Waals surface area (Å²) in [7, 11) is 6.38. The Hall–Kier alpha value is -0.430. The zero-order valence-corrected chi connectivity index (χ0v) is 15.9. The average molecular weight is 406 g/mol. The molecule has 0 aromatic carbocycles. The summed E-state index contributed by atoms with van der Waals surface area (Å²) in [4.78, 5) is 26.5. The average Bonchev–Trinajstić information content (AvgIpc) is 2.52. The fraction of sp³-hybridized carbons (Fsp3) is 0.750. The van der Waals surface area contributed by atoms with Crippen LogP contribution in [-0.2, 0) is 9.59 Å². The van der Waals surface area contributed by atoms with Gasteiger partial charge in [0.25, 0.3) is 0 Å². The quantitative estimate of drug-likeness (QED) is 0.251. The van der Waals surface area contributed by atoms with E-state index in [-0.39, 0.29) is 53.5 Å². The third-order valence-electron chi connectivity index (χ3n) is 4.43. The molecule has 1 fully saturated rings. The predicted molar refractivity (Wildman–Crippen MR) is 78.8 cm³/mol. The van der Waals surface area contributed by atoms with E-state index in [2.05, 4.69) is 41.1 Å². The Bertz CT molecular complexity index is 454. The molecule has 5 heteroatoms. The summed E-state index contributed by atoms with van der Waals surface area (Å²) in [5.41, 5.74) is 1.24. The number of halogens is 1. The van der Waals surface area contributed by atoms with Crippen molar-refractivity contribution in [1.82, 2.24) is 4.90 Å². The van der Waals surface area contributed by atoms with Gasteiger partial charge in [-0.25, -0.2) is 0 Å². The smallest absolute Gasteiger partial charge is 0.233 e. The lowest BCUT2D eigenvalue weighted by Crippen LogP contribution is -3.00. The molecule has 0 aromatic rings. The first kappa shape index (κ1) is 18.6. The van der Waals surface area contributed by atoms with Crippen molar-refractivity contribution in [3.63, 3.8) is 0 Å². The van der Waals surface area contributed by atoms with Crippen molar-refractivity contribution in [2.24, 2.45) is 17.8 Å². The van der Waals surface area contributed by atoms with E-state index in [1.54, 1.807) is 0 Å². The zero-order valence-electron chi connectivity index (χ0n) is 13.7. The molecule has 3 atom stereocenters. The number of hydrogen-bond donors (Lipinski definition) is 0. The number of nitrogens with zero attached hydrogens (tertiary/aromatic N) is 2. The number of likely N-dealkylation sites (tertiary alicyclic amines) is 1. The lowest BCUT2D eigenvalue weighted by atomic mass is 9.76. The van der Waals surface area contributed by atoms with Crippen LogP contribution in [0.2, 0.25) is 0 Å².